The molecule has 0 radical (unpaired) electrons. The van der Waals surface area contributed by atoms with Gasteiger partial charge < -0.3 is 10.6 Å². The van der Waals surface area contributed by atoms with E-state index in [1.54, 1.807) is 16.9 Å². The minimum Gasteiger partial charge on any atom is -0.339 e. The molecule has 154 valence electrons. The largest absolute Gasteiger partial charge is 0.339 e. The Kier molecular flexibility index (Phi) is 5.67. The third kappa shape index (κ3) is 4.49. The molecule has 2 heterocycles. The number of carbonyl (C=O) groups is 2. The molecule has 2 aliphatic carbocycles. The molecular weight excluding hydrogens is 441 g/mol. The van der Waals surface area contributed by atoms with Crippen LogP contribution in [0.1, 0.15) is 43.1 Å². The molecule has 7 nitrogen and oxygen atoms in total. The monoisotopic (exact) mass is 463 g/mol. The summed E-state index contributed by atoms with van der Waals surface area (Å²) < 4.78 is 16.3. The summed E-state index contributed by atoms with van der Waals surface area (Å²) in [5, 5.41) is 9.62. The maximum Gasteiger partial charge on any atom is 0.270 e. The summed E-state index contributed by atoms with van der Waals surface area (Å²) in [5.74, 6) is -0.665. The van der Waals surface area contributed by atoms with Crippen LogP contribution in [0.15, 0.2) is 29.0 Å². The summed E-state index contributed by atoms with van der Waals surface area (Å²) in [7, 11) is 0. The first-order valence-corrected chi connectivity index (χ1v) is 10.7. The Morgan fingerprint density at radius 3 is 2.59 bits per heavy atom. The van der Waals surface area contributed by atoms with E-state index in [-0.39, 0.29) is 17.6 Å². The van der Waals surface area contributed by atoms with Crippen LogP contribution in [-0.4, -0.2) is 32.6 Å². The second kappa shape index (κ2) is 8.22. The van der Waals surface area contributed by atoms with Crippen molar-refractivity contribution in [1.29, 1.82) is 0 Å². The Balaban J connectivity index is 1.57. The van der Waals surface area contributed by atoms with Gasteiger partial charge in [-0.2, -0.15) is 5.10 Å². The van der Waals surface area contributed by atoms with Crippen LogP contribution in [0.5, 0.6) is 0 Å². The van der Waals surface area contributed by atoms with Gasteiger partial charge in [-0.15, -0.1) is 0 Å². The van der Waals surface area contributed by atoms with Gasteiger partial charge in [0.2, 0.25) is 5.91 Å². The van der Waals surface area contributed by atoms with E-state index in [0.29, 0.717) is 28.5 Å². The molecule has 1 unspecified atom stereocenters. The number of halogens is 2. The Labute approximate surface area is 176 Å². The van der Waals surface area contributed by atoms with Gasteiger partial charge in [0.05, 0.1) is 0 Å². The van der Waals surface area contributed by atoms with Crippen LogP contribution >= 0.6 is 15.9 Å². The molecule has 1 atom stereocenters. The number of hydrogen-bond donors (Lipinski definition) is 2. The number of pyridine rings is 1. The Morgan fingerprint density at radius 1 is 1.31 bits per heavy atom. The van der Waals surface area contributed by atoms with Gasteiger partial charge >= 0.3 is 0 Å². The van der Waals surface area contributed by atoms with Crippen molar-refractivity contribution in [3.8, 4) is 0 Å². The fraction of sp³-hybridized carbons (Fsp3) is 0.500. The highest BCUT2D eigenvalue weighted by atomic mass is 79.9. The molecule has 2 aliphatic rings. The highest BCUT2D eigenvalue weighted by molar-refractivity contribution is 9.10. The van der Waals surface area contributed by atoms with Gasteiger partial charge in [0.25, 0.3) is 5.91 Å². The van der Waals surface area contributed by atoms with Gasteiger partial charge in [0.1, 0.15) is 11.7 Å². The fourth-order valence-corrected chi connectivity index (χ4v) is 4.23. The molecular formula is C20H23BrFN5O2. The molecule has 0 aliphatic heterocycles. The topological polar surface area (TPSA) is 88.9 Å². The zero-order valence-corrected chi connectivity index (χ0v) is 17.7. The molecule has 2 amide bonds. The summed E-state index contributed by atoms with van der Waals surface area (Å²) in [5.41, 5.74) is 0.406. The highest BCUT2D eigenvalue weighted by Gasteiger charge is 2.48. The summed E-state index contributed by atoms with van der Waals surface area (Å²) in [6, 6.07) is 2.13. The average molecular weight is 464 g/mol. The van der Waals surface area contributed by atoms with E-state index >= 15 is 0 Å². The van der Waals surface area contributed by atoms with Crippen molar-refractivity contribution in [3.05, 3.63) is 40.5 Å². The van der Waals surface area contributed by atoms with E-state index in [4.69, 9.17) is 0 Å². The van der Waals surface area contributed by atoms with E-state index in [2.05, 4.69) is 36.6 Å². The van der Waals surface area contributed by atoms with Crippen LogP contribution in [-0.2, 0) is 11.3 Å². The summed E-state index contributed by atoms with van der Waals surface area (Å²) in [6.07, 6.45) is 7.20. The molecule has 0 aromatic carbocycles. The van der Waals surface area contributed by atoms with Crippen molar-refractivity contribution in [2.24, 2.45) is 17.8 Å². The lowest BCUT2D eigenvalue weighted by Crippen LogP contribution is -2.50. The summed E-state index contributed by atoms with van der Waals surface area (Å²) >= 11 is 3.16. The Morgan fingerprint density at radius 2 is 2.00 bits per heavy atom. The number of aryl methyl sites for hydroxylation is 1. The van der Waals surface area contributed by atoms with Crippen molar-refractivity contribution in [2.75, 3.05) is 5.32 Å². The molecule has 2 fully saturated rings. The second-order valence-electron chi connectivity index (χ2n) is 7.71. The third-order valence-corrected chi connectivity index (χ3v) is 6.02. The van der Waals surface area contributed by atoms with E-state index in [1.165, 1.54) is 12.3 Å². The number of amides is 2. The number of carbonyl (C=O) groups excluding carboxylic acids is 2. The number of aromatic nitrogens is 3. The average Bonchev–Trinajstić information content (AvgIpc) is 3.63. The molecule has 0 saturated heterocycles. The molecule has 2 saturated carbocycles. The van der Waals surface area contributed by atoms with Crippen molar-refractivity contribution < 1.29 is 14.0 Å². The van der Waals surface area contributed by atoms with Gasteiger partial charge in [-0.3, -0.25) is 14.3 Å². The number of rotatable bonds is 8. The van der Waals surface area contributed by atoms with Crippen LogP contribution in [0.25, 0.3) is 0 Å². The Bertz CT molecular complexity index is 913. The van der Waals surface area contributed by atoms with E-state index in [1.807, 2.05) is 6.92 Å². The molecule has 29 heavy (non-hydrogen) atoms. The van der Waals surface area contributed by atoms with E-state index in [0.717, 1.165) is 25.7 Å². The summed E-state index contributed by atoms with van der Waals surface area (Å²) in [6.45, 7) is 2.45. The third-order valence-electron chi connectivity index (χ3n) is 5.58. The minimum absolute atomic E-state index is 0.0513. The lowest BCUT2D eigenvalue weighted by atomic mass is 9.88. The van der Waals surface area contributed by atoms with Crippen LogP contribution in [0.3, 0.4) is 0 Å². The van der Waals surface area contributed by atoms with E-state index < -0.39 is 17.8 Å². The van der Waals surface area contributed by atoms with Crippen LogP contribution in [0, 0.1) is 23.6 Å². The van der Waals surface area contributed by atoms with Crippen LogP contribution < -0.4 is 10.6 Å². The lowest BCUT2D eigenvalue weighted by molar-refractivity contribution is -0.119. The van der Waals surface area contributed by atoms with Crippen molar-refractivity contribution in [3.63, 3.8) is 0 Å². The Hall–Kier alpha value is -2.29. The first-order valence-electron chi connectivity index (χ1n) is 9.92. The van der Waals surface area contributed by atoms with Gasteiger partial charge in [0, 0.05) is 23.4 Å². The molecule has 9 heteroatoms. The standard InChI is InChI=1S/C20H23BrFN5O2/c1-2-27-15(7-8-24-27)19(28)25-17(16(11-3-4-11)12-5-6-12)20(29)26-18-14(22)9-13(21)10-23-18/h7-12,16-17H,2-6H2,1H3,(H,25,28)(H,23,26,29). The normalized spacial score (nSPS) is 17.2. The SMILES string of the molecule is CCn1nccc1C(=O)NC(C(=O)Nc1ncc(Br)cc1F)C(C1CC1)C1CC1. The quantitative estimate of drug-likeness (QED) is 0.627. The van der Waals surface area contributed by atoms with Gasteiger partial charge in [-0.05, 0) is 78.4 Å². The molecule has 0 bridgehead atoms. The minimum atomic E-state index is -0.743. The second-order valence-corrected chi connectivity index (χ2v) is 8.62. The smallest absolute Gasteiger partial charge is 0.270 e. The molecule has 4 rings (SSSR count). The molecule has 2 aromatic rings. The van der Waals surface area contributed by atoms with Crippen molar-refractivity contribution in [1.82, 2.24) is 20.1 Å². The number of hydrogen-bond acceptors (Lipinski definition) is 4. The van der Waals surface area contributed by atoms with Crippen molar-refractivity contribution in [2.45, 2.75) is 45.2 Å². The van der Waals surface area contributed by atoms with Gasteiger partial charge in [-0.25, -0.2) is 9.37 Å². The molecule has 2 aromatic heterocycles. The maximum absolute atomic E-state index is 14.2. The zero-order valence-electron chi connectivity index (χ0n) is 16.1. The van der Waals surface area contributed by atoms with Gasteiger partial charge in [0.15, 0.2) is 11.6 Å². The molecule has 2 N–H and O–H groups in total. The molecule has 0 spiro atoms. The zero-order chi connectivity index (χ0) is 20.5. The van der Waals surface area contributed by atoms with Crippen LogP contribution in [0.2, 0.25) is 0 Å². The fourth-order valence-electron chi connectivity index (χ4n) is 3.92. The number of nitrogens with one attached hydrogen (secondary N) is 2. The van der Waals surface area contributed by atoms with Crippen LogP contribution in [0.4, 0.5) is 10.2 Å². The number of nitrogens with zero attached hydrogens (tertiary/aromatic N) is 3. The summed E-state index contributed by atoms with van der Waals surface area (Å²) in [4.78, 5) is 30.0. The number of anilines is 1. The van der Waals surface area contributed by atoms with E-state index in [9.17, 15) is 14.0 Å². The predicted molar refractivity (Wildman–Crippen MR) is 109 cm³/mol. The van der Waals surface area contributed by atoms with Gasteiger partial charge in [-0.1, -0.05) is 0 Å². The van der Waals surface area contributed by atoms with Crippen molar-refractivity contribution >= 4 is 33.6 Å². The first kappa shape index (κ1) is 20.0. The highest BCUT2D eigenvalue weighted by Crippen LogP contribution is 2.50. The lowest BCUT2D eigenvalue weighted by Gasteiger charge is -2.27. The predicted octanol–water partition coefficient (Wildman–Crippen LogP) is 3.37. The first-order chi connectivity index (χ1) is 14.0. The maximum atomic E-state index is 14.2.